The normalized spacial score (nSPS) is 14.2. The van der Waals surface area contributed by atoms with Gasteiger partial charge in [-0.3, -0.25) is 9.59 Å². The van der Waals surface area contributed by atoms with Crippen molar-refractivity contribution in [2.24, 2.45) is 5.92 Å². The molecule has 1 unspecified atom stereocenters. The summed E-state index contributed by atoms with van der Waals surface area (Å²) in [5.41, 5.74) is 3.34. The molecule has 0 bridgehead atoms. The number of fused-ring (bicyclic) bond motifs is 2. The number of carbonyl (C=O) groups is 2. The molecule has 0 aliphatic heterocycles. The summed E-state index contributed by atoms with van der Waals surface area (Å²) in [6, 6.07) is 12.9. The largest absolute Gasteiger partial charge is 0.289 e. The summed E-state index contributed by atoms with van der Waals surface area (Å²) in [4.78, 5) is 25.4. The molecule has 0 spiro atoms. The molecule has 2 heteroatoms. The summed E-state index contributed by atoms with van der Waals surface area (Å²) in [7, 11) is 0. The molecule has 1 aliphatic rings. The van der Waals surface area contributed by atoms with Crippen molar-refractivity contribution >= 4 is 11.6 Å². The highest BCUT2D eigenvalue weighted by atomic mass is 16.1. The highest BCUT2D eigenvalue weighted by Gasteiger charge is 2.29. The van der Waals surface area contributed by atoms with Crippen LogP contribution in [0.1, 0.15) is 76.9 Å². The monoisotopic (exact) mass is 320 g/mol. The van der Waals surface area contributed by atoms with Crippen molar-refractivity contribution in [3.8, 4) is 0 Å². The first kappa shape index (κ1) is 16.6. The molecule has 0 N–H and O–H groups in total. The van der Waals surface area contributed by atoms with Crippen LogP contribution in [0.25, 0.3) is 0 Å². The lowest BCUT2D eigenvalue weighted by Gasteiger charge is -2.19. The molecule has 24 heavy (non-hydrogen) atoms. The van der Waals surface area contributed by atoms with E-state index in [0.717, 1.165) is 18.4 Å². The Morgan fingerprint density at radius 1 is 0.833 bits per heavy atom. The molecule has 0 aromatic heterocycles. The minimum Gasteiger partial charge on any atom is -0.289 e. The van der Waals surface area contributed by atoms with Gasteiger partial charge in [0.1, 0.15) is 0 Å². The smallest absolute Gasteiger partial charge is 0.194 e. The lowest BCUT2D eigenvalue weighted by Crippen LogP contribution is -2.21. The van der Waals surface area contributed by atoms with Gasteiger partial charge in [0.25, 0.3) is 0 Å². The first-order valence-corrected chi connectivity index (χ1v) is 8.97. The third-order valence-corrected chi connectivity index (χ3v) is 5.06. The molecule has 0 heterocycles. The van der Waals surface area contributed by atoms with Crippen LogP contribution in [0, 0.1) is 5.92 Å². The summed E-state index contributed by atoms with van der Waals surface area (Å²) in [6.07, 6.45) is 5.80. The van der Waals surface area contributed by atoms with Gasteiger partial charge in [-0.15, -0.1) is 0 Å². The topological polar surface area (TPSA) is 34.1 Å². The lowest BCUT2D eigenvalue weighted by atomic mass is 9.82. The standard InChI is InChI=1S/C22H24O2/c1-3-5-8-15(4-2)13-16-11-12-19-20(14-16)22(24)18-10-7-6-9-17(18)21(19)23/h6-7,9-12,14-15H,3-5,8,13H2,1-2H3. The van der Waals surface area contributed by atoms with Crippen molar-refractivity contribution in [1.29, 1.82) is 0 Å². The number of hydrogen-bond donors (Lipinski definition) is 0. The van der Waals surface area contributed by atoms with Crippen LogP contribution >= 0.6 is 0 Å². The van der Waals surface area contributed by atoms with E-state index < -0.39 is 0 Å². The highest BCUT2D eigenvalue weighted by Crippen LogP contribution is 2.29. The summed E-state index contributed by atoms with van der Waals surface area (Å²) in [6.45, 7) is 4.44. The molecule has 1 atom stereocenters. The molecule has 124 valence electrons. The van der Waals surface area contributed by atoms with Crippen molar-refractivity contribution < 1.29 is 9.59 Å². The maximum Gasteiger partial charge on any atom is 0.194 e. The zero-order valence-electron chi connectivity index (χ0n) is 14.5. The minimum absolute atomic E-state index is 0.0244. The number of ketones is 2. The van der Waals surface area contributed by atoms with Gasteiger partial charge in [-0.1, -0.05) is 75.9 Å². The van der Waals surface area contributed by atoms with Gasteiger partial charge in [0.2, 0.25) is 0 Å². The molecule has 3 rings (SSSR count). The van der Waals surface area contributed by atoms with Crippen molar-refractivity contribution in [3.05, 3.63) is 70.3 Å². The molecular weight excluding hydrogens is 296 g/mol. The zero-order chi connectivity index (χ0) is 17.1. The van der Waals surface area contributed by atoms with E-state index in [1.54, 1.807) is 12.1 Å². The second-order valence-electron chi connectivity index (χ2n) is 6.70. The number of carbonyl (C=O) groups excluding carboxylic acids is 2. The second-order valence-corrected chi connectivity index (χ2v) is 6.70. The van der Waals surface area contributed by atoms with E-state index in [9.17, 15) is 9.59 Å². The summed E-state index contributed by atoms with van der Waals surface area (Å²) >= 11 is 0. The molecule has 2 aromatic carbocycles. The summed E-state index contributed by atoms with van der Waals surface area (Å²) < 4.78 is 0. The van der Waals surface area contributed by atoms with E-state index in [1.807, 2.05) is 30.3 Å². The van der Waals surface area contributed by atoms with Crippen LogP contribution in [-0.2, 0) is 6.42 Å². The third-order valence-electron chi connectivity index (χ3n) is 5.06. The van der Waals surface area contributed by atoms with Gasteiger partial charge in [0, 0.05) is 22.3 Å². The first-order valence-electron chi connectivity index (χ1n) is 8.97. The van der Waals surface area contributed by atoms with Crippen LogP contribution in [0.3, 0.4) is 0 Å². The van der Waals surface area contributed by atoms with Crippen LogP contribution in [-0.4, -0.2) is 11.6 Å². The Kier molecular flexibility index (Phi) is 4.94. The number of benzene rings is 2. The minimum atomic E-state index is -0.0372. The molecule has 0 radical (unpaired) electrons. The SMILES string of the molecule is CCCCC(CC)Cc1ccc2c(c1)C(=O)c1ccccc1C2=O. The molecule has 0 saturated heterocycles. The predicted molar refractivity (Wildman–Crippen MR) is 96.8 cm³/mol. The van der Waals surface area contributed by atoms with E-state index in [2.05, 4.69) is 13.8 Å². The number of unbranched alkanes of at least 4 members (excludes halogenated alkanes) is 1. The lowest BCUT2D eigenvalue weighted by molar-refractivity contribution is 0.0979. The third kappa shape index (κ3) is 3.06. The van der Waals surface area contributed by atoms with Crippen LogP contribution in [0.4, 0.5) is 0 Å². The van der Waals surface area contributed by atoms with Crippen molar-refractivity contribution in [1.82, 2.24) is 0 Å². The number of rotatable bonds is 6. The molecule has 2 nitrogen and oxygen atoms in total. The van der Waals surface area contributed by atoms with Crippen LogP contribution in [0.15, 0.2) is 42.5 Å². The second kappa shape index (κ2) is 7.12. The zero-order valence-corrected chi connectivity index (χ0v) is 14.5. The quantitative estimate of drug-likeness (QED) is 0.624. The predicted octanol–water partition coefficient (Wildman–Crippen LogP) is 5.22. The van der Waals surface area contributed by atoms with Gasteiger partial charge < -0.3 is 0 Å². The maximum absolute atomic E-state index is 12.8. The molecular formula is C22H24O2. The van der Waals surface area contributed by atoms with E-state index in [1.165, 1.54) is 19.3 Å². The van der Waals surface area contributed by atoms with E-state index in [0.29, 0.717) is 28.2 Å². The summed E-state index contributed by atoms with van der Waals surface area (Å²) in [5.74, 6) is 0.582. The van der Waals surface area contributed by atoms with Gasteiger partial charge in [-0.25, -0.2) is 0 Å². The van der Waals surface area contributed by atoms with E-state index in [4.69, 9.17) is 0 Å². The van der Waals surface area contributed by atoms with Gasteiger partial charge >= 0.3 is 0 Å². The maximum atomic E-state index is 12.8. The Morgan fingerprint density at radius 3 is 2.08 bits per heavy atom. The van der Waals surface area contributed by atoms with Crippen LogP contribution in [0.5, 0.6) is 0 Å². The van der Waals surface area contributed by atoms with E-state index >= 15 is 0 Å². The molecule has 1 aliphatic carbocycles. The Labute approximate surface area is 143 Å². The fraction of sp³-hybridized carbons (Fsp3) is 0.364. The van der Waals surface area contributed by atoms with Gasteiger partial charge in [0.05, 0.1) is 0 Å². The fourth-order valence-corrected chi connectivity index (χ4v) is 3.55. The molecule has 0 saturated carbocycles. The Balaban J connectivity index is 1.91. The van der Waals surface area contributed by atoms with Gasteiger partial charge in [-0.05, 0) is 24.0 Å². The molecule has 0 amide bonds. The van der Waals surface area contributed by atoms with Crippen molar-refractivity contribution in [3.63, 3.8) is 0 Å². The van der Waals surface area contributed by atoms with Crippen LogP contribution in [0.2, 0.25) is 0 Å². The molecule has 2 aromatic rings. The average Bonchev–Trinajstić information content (AvgIpc) is 2.63. The van der Waals surface area contributed by atoms with Crippen LogP contribution < -0.4 is 0 Å². The summed E-state index contributed by atoms with van der Waals surface area (Å²) in [5, 5.41) is 0. The van der Waals surface area contributed by atoms with Crippen molar-refractivity contribution in [2.75, 3.05) is 0 Å². The number of hydrogen-bond acceptors (Lipinski definition) is 2. The van der Waals surface area contributed by atoms with Gasteiger partial charge in [0.15, 0.2) is 11.6 Å². The highest BCUT2D eigenvalue weighted by molar-refractivity contribution is 6.28. The first-order chi connectivity index (χ1) is 11.7. The average molecular weight is 320 g/mol. The van der Waals surface area contributed by atoms with Crippen molar-refractivity contribution in [2.45, 2.75) is 46.0 Å². The van der Waals surface area contributed by atoms with Gasteiger partial charge in [-0.2, -0.15) is 0 Å². The Hall–Kier alpha value is -2.22. The molecule has 0 fully saturated rings. The fourth-order valence-electron chi connectivity index (χ4n) is 3.55. The Morgan fingerprint density at radius 2 is 1.46 bits per heavy atom. The Bertz CT molecular complexity index is 773. The van der Waals surface area contributed by atoms with E-state index in [-0.39, 0.29) is 11.6 Å².